The van der Waals surface area contributed by atoms with Gasteiger partial charge in [-0.3, -0.25) is 9.78 Å². The van der Waals surface area contributed by atoms with Crippen LogP contribution in [0.5, 0.6) is 0 Å². The number of pyridine rings is 2. The molecule has 0 unspecified atom stereocenters. The average molecular weight is 394 g/mol. The number of aromatic nitrogens is 2. The summed E-state index contributed by atoms with van der Waals surface area (Å²) in [4.78, 5) is 24.6. The Hall–Kier alpha value is -3.25. The maximum Gasteiger partial charge on any atom is 0.213 e. The highest BCUT2D eigenvalue weighted by molar-refractivity contribution is 6.09. The fraction of sp³-hybridized carbons (Fsp3) is 0.261. The summed E-state index contributed by atoms with van der Waals surface area (Å²) in [7, 11) is 0. The first-order chi connectivity index (χ1) is 14.1. The van der Waals surface area contributed by atoms with E-state index in [1.54, 1.807) is 12.3 Å². The monoisotopic (exact) mass is 393 g/mol. The van der Waals surface area contributed by atoms with Crippen molar-refractivity contribution < 1.29 is 9.07 Å². The Morgan fingerprint density at radius 3 is 2.83 bits per heavy atom. The molecule has 6 heteroatoms. The summed E-state index contributed by atoms with van der Waals surface area (Å²) < 4.78 is 0. The second kappa shape index (κ2) is 8.41. The van der Waals surface area contributed by atoms with Gasteiger partial charge in [-0.2, -0.15) is 0 Å². The maximum atomic E-state index is 13.3. The van der Waals surface area contributed by atoms with Crippen LogP contribution in [0.4, 0.5) is 11.5 Å². The summed E-state index contributed by atoms with van der Waals surface area (Å²) >= 11 is 0. The van der Waals surface area contributed by atoms with Crippen molar-refractivity contribution in [2.24, 2.45) is 0 Å². The Bertz CT molecular complexity index is 1040. The molecule has 1 fully saturated rings. The van der Waals surface area contributed by atoms with E-state index >= 15 is 0 Å². The molecule has 1 aliphatic heterocycles. The Kier molecular flexibility index (Phi) is 5.53. The van der Waals surface area contributed by atoms with E-state index in [0.717, 1.165) is 49.5 Å². The van der Waals surface area contributed by atoms with Gasteiger partial charge in [-0.25, -0.2) is 4.98 Å². The van der Waals surface area contributed by atoms with E-state index < -0.39 is 0 Å². The van der Waals surface area contributed by atoms with Crippen LogP contribution in [0.15, 0.2) is 54.7 Å². The van der Waals surface area contributed by atoms with E-state index in [1.807, 2.05) is 49.4 Å². The number of nitrogen functional groups attached to an aromatic ring is 1. The molecule has 2 aromatic heterocycles. The summed E-state index contributed by atoms with van der Waals surface area (Å²) in [6, 6.07) is 15.1. The van der Waals surface area contributed by atoms with Crippen LogP contribution in [0.2, 0.25) is 0 Å². The topological polar surface area (TPSA) is 84.1 Å². The number of nitrogens with zero attached hydrogens (tertiary/aromatic N) is 3. The highest BCUT2D eigenvalue weighted by Crippen LogP contribution is 2.24. The number of hydrogen-bond donors (Lipinski definition) is 2. The largest absolute Gasteiger partial charge is 0.399 e. The summed E-state index contributed by atoms with van der Waals surface area (Å²) in [6.07, 6.45) is 2.83. The Morgan fingerprint density at radius 2 is 1.97 bits per heavy atom. The number of hydrogen-bond acceptors (Lipinski definition) is 6. The first-order valence-electron chi connectivity index (χ1n) is 9.92. The molecule has 0 radical (unpaired) electrons. The van der Waals surface area contributed by atoms with Crippen LogP contribution < -0.4 is 16.0 Å². The van der Waals surface area contributed by atoms with Gasteiger partial charge in [0.25, 0.3) is 0 Å². The Morgan fingerprint density at radius 1 is 1.10 bits per heavy atom. The molecule has 0 bridgehead atoms. The molecule has 0 amide bonds. The number of benzene rings is 1. The second-order valence-corrected chi connectivity index (χ2v) is 7.28. The zero-order valence-corrected chi connectivity index (χ0v) is 16.6. The SMILES string of the molecule is Cc1ncc(-c2cccc(N)c2)cc1C(=O)c1cccc(N2CCCNCC2)n1.[HH].[HH].[HH]. The Labute approximate surface area is 175 Å². The number of ketones is 1. The summed E-state index contributed by atoms with van der Waals surface area (Å²) in [5.41, 5.74) is 10.1. The molecule has 0 atom stereocenters. The van der Waals surface area contributed by atoms with Crippen LogP contribution in [0.1, 0.15) is 32.4 Å². The highest BCUT2D eigenvalue weighted by atomic mass is 16.1. The number of nitrogens with two attached hydrogens (primary N) is 1. The average Bonchev–Trinajstić information content (AvgIpc) is 3.03. The number of carbonyl (C=O) groups is 1. The molecule has 1 aromatic carbocycles. The van der Waals surface area contributed by atoms with Gasteiger partial charge in [0.1, 0.15) is 11.5 Å². The van der Waals surface area contributed by atoms with E-state index in [4.69, 9.17) is 5.73 Å². The molecule has 6 nitrogen and oxygen atoms in total. The lowest BCUT2D eigenvalue weighted by atomic mass is 10.0. The molecule has 0 saturated carbocycles. The van der Waals surface area contributed by atoms with Crippen molar-refractivity contribution in [3.8, 4) is 11.1 Å². The van der Waals surface area contributed by atoms with Gasteiger partial charge in [0, 0.05) is 52.6 Å². The molecule has 29 heavy (non-hydrogen) atoms. The number of carbonyl (C=O) groups excluding carboxylic acids is 1. The summed E-state index contributed by atoms with van der Waals surface area (Å²) in [6.45, 7) is 5.60. The predicted molar refractivity (Wildman–Crippen MR) is 123 cm³/mol. The van der Waals surface area contributed by atoms with Gasteiger partial charge >= 0.3 is 0 Å². The second-order valence-electron chi connectivity index (χ2n) is 7.28. The smallest absolute Gasteiger partial charge is 0.213 e. The first-order valence-corrected chi connectivity index (χ1v) is 9.92. The van der Waals surface area contributed by atoms with Crippen LogP contribution in [-0.2, 0) is 0 Å². The van der Waals surface area contributed by atoms with Gasteiger partial charge in [-0.1, -0.05) is 18.2 Å². The maximum absolute atomic E-state index is 13.3. The number of anilines is 2. The predicted octanol–water partition coefficient (Wildman–Crippen LogP) is 3.80. The molecule has 3 aromatic rings. The van der Waals surface area contributed by atoms with Crippen LogP contribution in [0, 0.1) is 6.92 Å². The van der Waals surface area contributed by atoms with E-state index in [9.17, 15) is 4.79 Å². The van der Waals surface area contributed by atoms with Gasteiger partial charge in [0.2, 0.25) is 5.78 Å². The minimum atomic E-state index is -0.115. The molecule has 154 valence electrons. The van der Waals surface area contributed by atoms with Gasteiger partial charge in [-0.05, 0) is 55.8 Å². The van der Waals surface area contributed by atoms with Gasteiger partial charge in [-0.15, -0.1) is 0 Å². The standard InChI is InChI=1S/C23H25N5O.3H2/c1-16-20(14-18(15-26-16)17-5-2-6-19(24)13-17)23(29)21-7-3-8-22(27-21)28-11-4-9-25-10-12-28;;;/h2-3,5-8,13-15,25H,4,9-12,24H2,1H3;3*1H. The van der Waals surface area contributed by atoms with Crippen molar-refractivity contribution in [3.63, 3.8) is 0 Å². The minimum Gasteiger partial charge on any atom is -0.399 e. The summed E-state index contributed by atoms with van der Waals surface area (Å²) in [5, 5.41) is 3.39. The number of aryl methyl sites for hydroxylation is 1. The highest BCUT2D eigenvalue weighted by Gasteiger charge is 2.18. The third-order valence-corrected chi connectivity index (χ3v) is 5.18. The molecule has 1 aliphatic rings. The van der Waals surface area contributed by atoms with Crippen molar-refractivity contribution in [2.45, 2.75) is 13.3 Å². The minimum absolute atomic E-state index is 0. The van der Waals surface area contributed by atoms with Crippen LogP contribution in [-0.4, -0.2) is 41.9 Å². The van der Waals surface area contributed by atoms with Crippen LogP contribution >= 0.6 is 0 Å². The Balaban J connectivity index is 0.00000171. The van der Waals surface area contributed by atoms with Crippen LogP contribution in [0.25, 0.3) is 11.1 Å². The van der Waals surface area contributed by atoms with Gasteiger partial charge in [0.05, 0.1) is 0 Å². The van der Waals surface area contributed by atoms with Gasteiger partial charge < -0.3 is 16.0 Å². The zero-order chi connectivity index (χ0) is 20.2. The van der Waals surface area contributed by atoms with Crippen LogP contribution in [0.3, 0.4) is 0 Å². The lowest BCUT2D eigenvalue weighted by Gasteiger charge is -2.21. The first kappa shape index (κ1) is 19.1. The quantitative estimate of drug-likeness (QED) is 0.518. The third-order valence-electron chi connectivity index (χ3n) is 5.18. The molecular weight excluding hydrogens is 362 g/mol. The van der Waals surface area contributed by atoms with E-state index in [2.05, 4.69) is 20.2 Å². The van der Waals surface area contributed by atoms with Crippen molar-refractivity contribution in [1.29, 1.82) is 0 Å². The zero-order valence-electron chi connectivity index (χ0n) is 16.6. The summed E-state index contributed by atoms with van der Waals surface area (Å²) in [5.74, 6) is 0.729. The van der Waals surface area contributed by atoms with Crippen molar-refractivity contribution in [1.82, 2.24) is 15.3 Å². The molecule has 3 heterocycles. The lowest BCUT2D eigenvalue weighted by Crippen LogP contribution is -2.29. The normalized spacial score (nSPS) is 14.4. The molecule has 1 saturated heterocycles. The molecule has 0 aliphatic carbocycles. The fourth-order valence-corrected chi connectivity index (χ4v) is 3.58. The molecule has 3 N–H and O–H groups in total. The van der Waals surface area contributed by atoms with E-state index in [0.29, 0.717) is 22.6 Å². The lowest BCUT2D eigenvalue weighted by molar-refractivity contribution is 0.103. The van der Waals surface area contributed by atoms with E-state index in [1.165, 1.54) is 0 Å². The fourth-order valence-electron chi connectivity index (χ4n) is 3.58. The molecule has 4 rings (SSSR count). The number of rotatable bonds is 4. The van der Waals surface area contributed by atoms with Gasteiger partial charge in [0.15, 0.2) is 0 Å². The third kappa shape index (κ3) is 4.27. The number of nitrogens with one attached hydrogen (secondary N) is 1. The van der Waals surface area contributed by atoms with E-state index in [-0.39, 0.29) is 10.1 Å². The van der Waals surface area contributed by atoms with Crippen molar-refractivity contribution >= 4 is 17.3 Å². The molecule has 0 spiro atoms. The van der Waals surface area contributed by atoms with Crippen molar-refractivity contribution in [3.05, 3.63) is 71.7 Å². The molecular formula is C23H31N5O. The van der Waals surface area contributed by atoms with Crippen molar-refractivity contribution in [2.75, 3.05) is 36.8 Å².